The number of hydrogen-bond acceptors (Lipinski definition) is 2. The lowest BCUT2D eigenvalue weighted by Crippen LogP contribution is -2.26. The maximum absolute atomic E-state index is 13.8. The molecule has 0 radical (unpaired) electrons. The number of halogens is 1. The van der Waals surface area contributed by atoms with E-state index in [0.29, 0.717) is 12.6 Å². The normalized spacial score (nSPS) is 15.4. The number of anilines is 1. The van der Waals surface area contributed by atoms with Gasteiger partial charge < -0.3 is 10.6 Å². The van der Waals surface area contributed by atoms with Crippen LogP contribution in [0.3, 0.4) is 0 Å². The highest BCUT2D eigenvalue weighted by molar-refractivity contribution is 5.51. The summed E-state index contributed by atoms with van der Waals surface area (Å²) in [6, 6.07) is 5.84. The zero-order valence-electron chi connectivity index (χ0n) is 9.04. The molecule has 0 amide bonds. The molecule has 0 atom stereocenters. The lowest BCUT2D eigenvalue weighted by atomic mass is 10.2. The Bertz CT molecular complexity index is 347. The van der Waals surface area contributed by atoms with Gasteiger partial charge in [0.15, 0.2) is 0 Å². The molecule has 2 nitrogen and oxygen atoms in total. The van der Waals surface area contributed by atoms with Crippen LogP contribution in [0.5, 0.6) is 0 Å². The Balaban J connectivity index is 2.26. The number of benzene rings is 1. The molecule has 2 N–H and O–H groups in total. The van der Waals surface area contributed by atoms with Gasteiger partial charge in [-0.15, -0.1) is 0 Å². The Morgan fingerprint density at radius 1 is 1.47 bits per heavy atom. The molecule has 0 bridgehead atoms. The van der Waals surface area contributed by atoms with Gasteiger partial charge in [-0.3, -0.25) is 0 Å². The van der Waals surface area contributed by atoms with Gasteiger partial charge in [0.25, 0.3) is 0 Å². The van der Waals surface area contributed by atoms with Crippen LogP contribution in [-0.2, 0) is 6.54 Å². The van der Waals surface area contributed by atoms with E-state index in [2.05, 4.69) is 11.8 Å². The summed E-state index contributed by atoms with van der Waals surface area (Å²) in [6.45, 7) is 3.32. The molecule has 15 heavy (non-hydrogen) atoms. The molecule has 1 aromatic rings. The highest BCUT2D eigenvalue weighted by Gasteiger charge is 2.29. The quantitative estimate of drug-likeness (QED) is 0.822. The van der Waals surface area contributed by atoms with Gasteiger partial charge in [0.2, 0.25) is 0 Å². The van der Waals surface area contributed by atoms with Crippen molar-refractivity contribution in [2.24, 2.45) is 5.73 Å². The number of hydrogen-bond donors (Lipinski definition) is 1. The summed E-state index contributed by atoms with van der Waals surface area (Å²) in [4.78, 5) is 2.13. The molecule has 1 aliphatic rings. The maximum Gasteiger partial charge on any atom is 0.146 e. The second kappa shape index (κ2) is 4.19. The van der Waals surface area contributed by atoms with Crippen molar-refractivity contribution >= 4 is 5.69 Å². The van der Waals surface area contributed by atoms with E-state index in [4.69, 9.17) is 5.73 Å². The van der Waals surface area contributed by atoms with E-state index in [1.807, 2.05) is 12.1 Å². The van der Waals surface area contributed by atoms with Crippen molar-refractivity contribution in [3.8, 4) is 0 Å². The molecular weight excluding hydrogens is 191 g/mol. The molecule has 0 aliphatic heterocycles. The van der Waals surface area contributed by atoms with Crippen LogP contribution in [0.1, 0.15) is 25.3 Å². The van der Waals surface area contributed by atoms with Gasteiger partial charge in [0.05, 0.1) is 5.69 Å². The van der Waals surface area contributed by atoms with Crippen LogP contribution in [0.2, 0.25) is 0 Å². The first kappa shape index (κ1) is 10.4. The molecule has 0 saturated heterocycles. The molecule has 0 aromatic heterocycles. The highest BCUT2D eigenvalue weighted by atomic mass is 19.1. The van der Waals surface area contributed by atoms with Gasteiger partial charge in [-0.25, -0.2) is 4.39 Å². The smallest absolute Gasteiger partial charge is 0.146 e. The standard InChI is InChI=1S/C12H17FN2/c1-2-15(10-4-5-10)12-6-3-9(8-14)7-11(12)13/h3,6-7,10H,2,4-5,8,14H2,1H3. The molecule has 1 aromatic carbocycles. The van der Waals surface area contributed by atoms with E-state index in [1.54, 1.807) is 6.07 Å². The Hall–Kier alpha value is -1.09. The Labute approximate surface area is 89.9 Å². The third-order valence-electron chi connectivity index (χ3n) is 2.89. The fraction of sp³-hybridized carbons (Fsp3) is 0.500. The first-order valence-corrected chi connectivity index (χ1v) is 5.51. The van der Waals surface area contributed by atoms with Crippen LogP contribution < -0.4 is 10.6 Å². The monoisotopic (exact) mass is 208 g/mol. The predicted molar refractivity (Wildman–Crippen MR) is 60.3 cm³/mol. The molecule has 3 heteroatoms. The van der Waals surface area contributed by atoms with Gasteiger partial charge in [-0.1, -0.05) is 6.07 Å². The van der Waals surface area contributed by atoms with Crippen molar-refractivity contribution in [3.05, 3.63) is 29.6 Å². The van der Waals surface area contributed by atoms with Crippen LogP contribution >= 0.6 is 0 Å². The van der Waals surface area contributed by atoms with Crippen molar-refractivity contribution in [1.29, 1.82) is 0 Å². The topological polar surface area (TPSA) is 29.3 Å². The van der Waals surface area contributed by atoms with E-state index in [-0.39, 0.29) is 5.82 Å². The molecule has 82 valence electrons. The molecule has 1 aliphatic carbocycles. The summed E-state index contributed by atoms with van der Waals surface area (Å²) in [6.07, 6.45) is 2.37. The van der Waals surface area contributed by atoms with E-state index in [0.717, 1.165) is 17.8 Å². The van der Waals surface area contributed by atoms with E-state index >= 15 is 0 Å². The minimum atomic E-state index is -0.147. The first-order valence-electron chi connectivity index (χ1n) is 5.51. The van der Waals surface area contributed by atoms with Crippen molar-refractivity contribution in [2.75, 3.05) is 11.4 Å². The third-order valence-corrected chi connectivity index (χ3v) is 2.89. The summed E-state index contributed by atoms with van der Waals surface area (Å²) in [5.41, 5.74) is 7.04. The number of nitrogens with zero attached hydrogens (tertiary/aromatic N) is 1. The molecule has 0 unspecified atom stereocenters. The van der Waals surface area contributed by atoms with Gasteiger partial charge in [-0.2, -0.15) is 0 Å². The number of rotatable bonds is 4. The molecule has 0 heterocycles. The summed E-state index contributed by atoms with van der Waals surface area (Å²) in [5.74, 6) is -0.147. The van der Waals surface area contributed by atoms with Crippen molar-refractivity contribution in [3.63, 3.8) is 0 Å². The largest absolute Gasteiger partial charge is 0.366 e. The second-order valence-corrected chi connectivity index (χ2v) is 4.01. The van der Waals surface area contributed by atoms with Gasteiger partial charge >= 0.3 is 0 Å². The van der Waals surface area contributed by atoms with Crippen LogP contribution in [0, 0.1) is 5.82 Å². The minimum absolute atomic E-state index is 0.147. The Kier molecular flexibility index (Phi) is 2.91. The molecule has 1 fully saturated rings. The predicted octanol–water partition coefficient (Wildman–Crippen LogP) is 2.27. The minimum Gasteiger partial charge on any atom is -0.366 e. The fourth-order valence-electron chi connectivity index (χ4n) is 1.92. The van der Waals surface area contributed by atoms with Crippen molar-refractivity contribution < 1.29 is 4.39 Å². The average molecular weight is 208 g/mol. The summed E-state index contributed by atoms with van der Waals surface area (Å²) >= 11 is 0. The van der Waals surface area contributed by atoms with E-state index in [1.165, 1.54) is 12.8 Å². The Morgan fingerprint density at radius 3 is 2.67 bits per heavy atom. The summed E-state index contributed by atoms with van der Waals surface area (Å²) in [7, 11) is 0. The van der Waals surface area contributed by atoms with Gasteiger partial charge in [0.1, 0.15) is 5.82 Å². The van der Waals surface area contributed by atoms with Crippen LogP contribution in [0.15, 0.2) is 18.2 Å². The lowest BCUT2D eigenvalue weighted by Gasteiger charge is -2.23. The molecule has 2 rings (SSSR count). The van der Waals surface area contributed by atoms with Crippen LogP contribution in [-0.4, -0.2) is 12.6 Å². The Morgan fingerprint density at radius 2 is 2.20 bits per heavy atom. The van der Waals surface area contributed by atoms with Gasteiger partial charge in [-0.05, 0) is 37.5 Å². The zero-order chi connectivity index (χ0) is 10.8. The maximum atomic E-state index is 13.8. The summed E-state index contributed by atoms with van der Waals surface area (Å²) < 4.78 is 13.8. The fourth-order valence-corrected chi connectivity index (χ4v) is 1.92. The van der Waals surface area contributed by atoms with E-state index in [9.17, 15) is 4.39 Å². The number of nitrogens with two attached hydrogens (primary N) is 1. The van der Waals surface area contributed by atoms with Crippen LogP contribution in [0.4, 0.5) is 10.1 Å². The van der Waals surface area contributed by atoms with Crippen LogP contribution in [0.25, 0.3) is 0 Å². The zero-order valence-corrected chi connectivity index (χ0v) is 9.04. The van der Waals surface area contributed by atoms with Gasteiger partial charge in [0, 0.05) is 19.1 Å². The first-order chi connectivity index (χ1) is 7.26. The average Bonchev–Trinajstić information content (AvgIpc) is 3.05. The van der Waals surface area contributed by atoms with Crippen molar-refractivity contribution in [1.82, 2.24) is 0 Å². The molecule has 0 spiro atoms. The second-order valence-electron chi connectivity index (χ2n) is 4.01. The van der Waals surface area contributed by atoms with Crippen molar-refractivity contribution in [2.45, 2.75) is 32.4 Å². The molecule has 1 saturated carbocycles. The summed E-state index contributed by atoms with van der Waals surface area (Å²) in [5, 5.41) is 0. The third kappa shape index (κ3) is 2.12. The highest BCUT2D eigenvalue weighted by Crippen LogP contribution is 2.32. The SMILES string of the molecule is CCN(c1ccc(CN)cc1F)C1CC1. The van der Waals surface area contributed by atoms with E-state index < -0.39 is 0 Å². The lowest BCUT2D eigenvalue weighted by molar-refractivity contribution is 0.615. The molecular formula is C12H17FN2.